The van der Waals surface area contributed by atoms with Crippen LogP contribution in [0.25, 0.3) is 17.1 Å². The fourth-order valence-corrected chi connectivity index (χ4v) is 6.00. The fraction of sp³-hybridized carbons (Fsp3) is 0.455. The molecule has 0 spiro atoms. The van der Waals surface area contributed by atoms with Crippen LogP contribution in [-0.2, 0) is 34.2 Å². The van der Waals surface area contributed by atoms with Gasteiger partial charge in [-0.2, -0.15) is 5.10 Å². The van der Waals surface area contributed by atoms with Gasteiger partial charge in [0.25, 0.3) is 9.67 Å². The molecule has 2 aromatic carbocycles. The van der Waals surface area contributed by atoms with Crippen LogP contribution in [0.15, 0.2) is 82.2 Å². The summed E-state index contributed by atoms with van der Waals surface area (Å²) in [5.41, 5.74) is 1.98. The molecule has 8 rings (SSSR count). The molecular weight excluding hydrogens is 713 g/mol. The molecule has 3 fully saturated rings. The number of hydrogen-bond acceptors (Lipinski definition) is 14. The first kappa shape index (κ1) is 37.1. The molecule has 0 radical (unpaired) electrons. The summed E-state index contributed by atoms with van der Waals surface area (Å²) in [6.45, 7) is 12.2. The Hall–Kier alpha value is -3.72. The van der Waals surface area contributed by atoms with Crippen molar-refractivity contribution < 1.29 is 23.0 Å². The Kier molecular flexibility index (Phi) is 14.0. The molecule has 3 aliphatic rings. The van der Waals surface area contributed by atoms with Crippen molar-refractivity contribution in [2.45, 2.75) is 20.0 Å². The number of aromatic nitrogens is 7. The molecule has 0 N–H and O–H groups in total. The fourth-order valence-electron chi connectivity index (χ4n) is 5.42. The lowest BCUT2D eigenvalue weighted by Crippen LogP contribution is -2.37. The third-order valence-electron chi connectivity index (χ3n) is 8.26. The van der Waals surface area contributed by atoms with E-state index in [1.807, 2.05) is 69.9 Å². The van der Waals surface area contributed by atoms with Crippen molar-refractivity contribution in [3.05, 3.63) is 87.8 Å². The van der Waals surface area contributed by atoms with Gasteiger partial charge in [0.2, 0.25) is 17.1 Å². The van der Waals surface area contributed by atoms with Crippen LogP contribution in [0.2, 0.25) is 0 Å². The lowest BCUT2D eigenvalue weighted by atomic mass is 10.2. The zero-order valence-electron chi connectivity index (χ0n) is 28.3. The Balaban J connectivity index is 0.000000134. The van der Waals surface area contributed by atoms with E-state index < -0.39 is 0 Å². The summed E-state index contributed by atoms with van der Waals surface area (Å²) >= 11 is 15.6. The summed E-state index contributed by atoms with van der Waals surface area (Å²) in [6, 6.07) is 19.8. The molecule has 3 saturated heterocycles. The van der Waals surface area contributed by atoms with Crippen molar-refractivity contribution in [1.82, 2.24) is 48.6 Å². The van der Waals surface area contributed by atoms with Gasteiger partial charge in [0.15, 0.2) is 0 Å². The maximum absolute atomic E-state index is 5.55. The molecule has 6 heterocycles. The van der Waals surface area contributed by atoms with Gasteiger partial charge in [-0.25, -0.2) is 14.0 Å². The Morgan fingerprint density at radius 3 is 1.61 bits per heavy atom. The average Bonchev–Trinajstić information content (AvgIpc) is 3.88. The van der Waals surface area contributed by atoms with Crippen molar-refractivity contribution in [2.24, 2.45) is 0 Å². The van der Waals surface area contributed by atoms with E-state index in [9.17, 15) is 0 Å². The van der Waals surface area contributed by atoms with Crippen LogP contribution >= 0.6 is 36.7 Å². The molecule has 0 saturated carbocycles. The highest BCUT2D eigenvalue weighted by molar-refractivity contribution is 7.71. The minimum Gasteiger partial charge on any atom is -0.417 e. The molecule has 3 aliphatic heterocycles. The predicted octanol–water partition coefficient (Wildman–Crippen LogP) is 4.35. The van der Waals surface area contributed by atoms with Gasteiger partial charge in [0.1, 0.15) is 6.33 Å². The number of benzene rings is 2. The molecule has 5 aromatic rings. The van der Waals surface area contributed by atoms with Gasteiger partial charge in [0, 0.05) is 50.5 Å². The average molecular weight is 755 g/mol. The van der Waals surface area contributed by atoms with Gasteiger partial charge in [0.05, 0.1) is 59.6 Å². The molecule has 18 heteroatoms. The summed E-state index contributed by atoms with van der Waals surface area (Å²) in [5, 5.41) is 12.8. The van der Waals surface area contributed by atoms with Crippen LogP contribution in [0.5, 0.6) is 0 Å². The van der Waals surface area contributed by atoms with Crippen LogP contribution in [-0.4, -0.2) is 128 Å². The molecular formula is C33H42N10O5S3. The van der Waals surface area contributed by atoms with Gasteiger partial charge in [-0.3, -0.25) is 19.3 Å². The Bertz CT molecular complexity index is 1910. The minimum absolute atomic E-state index is 0.408. The van der Waals surface area contributed by atoms with Crippen molar-refractivity contribution in [3.63, 3.8) is 0 Å². The molecule has 51 heavy (non-hydrogen) atoms. The van der Waals surface area contributed by atoms with E-state index in [-0.39, 0.29) is 0 Å². The monoisotopic (exact) mass is 754 g/mol. The topological polar surface area (TPSA) is 122 Å². The van der Waals surface area contributed by atoms with Crippen molar-refractivity contribution in [3.8, 4) is 17.1 Å². The van der Waals surface area contributed by atoms with Crippen LogP contribution in [0.4, 0.5) is 0 Å². The van der Waals surface area contributed by atoms with E-state index in [0.717, 1.165) is 102 Å². The van der Waals surface area contributed by atoms with Gasteiger partial charge >= 0.3 is 0 Å². The summed E-state index contributed by atoms with van der Waals surface area (Å²) in [7, 11) is 0. The molecule has 15 nitrogen and oxygen atoms in total. The van der Waals surface area contributed by atoms with Crippen LogP contribution in [0.1, 0.15) is 0 Å². The first-order chi connectivity index (χ1) is 25.0. The van der Waals surface area contributed by atoms with Gasteiger partial charge < -0.3 is 23.0 Å². The molecule has 0 amide bonds. The lowest BCUT2D eigenvalue weighted by Gasteiger charge is -2.26. The predicted molar refractivity (Wildman–Crippen MR) is 196 cm³/mol. The normalized spacial score (nSPS) is 17.3. The van der Waals surface area contributed by atoms with Crippen molar-refractivity contribution in [2.75, 3.05) is 78.9 Å². The van der Waals surface area contributed by atoms with E-state index in [4.69, 9.17) is 59.7 Å². The zero-order valence-corrected chi connectivity index (χ0v) is 30.7. The molecule has 0 aliphatic carbocycles. The van der Waals surface area contributed by atoms with E-state index in [1.165, 1.54) is 6.39 Å². The minimum atomic E-state index is 0.408. The number of ether oxygens (including phenoxy) is 3. The second kappa shape index (κ2) is 19.2. The Morgan fingerprint density at radius 2 is 1.08 bits per heavy atom. The summed E-state index contributed by atoms with van der Waals surface area (Å²) in [5.74, 6) is 0.568. The molecule has 272 valence electrons. The van der Waals surface area contributed by atoms with Crippen molar-refractivity contribution in [1.29, 1.82) is 0 Å². The van der Waals surface area contributed by atoms with E-state index in [2.05, 4.69) is 30.0 Å². The molecule has 0 bridgehead atoms. The highest BCUT2D eigenvalue weighted by atomic mass is 32.1. The third kappa shape index (κ3) is 10.9. The SMILES string of the molecule is S=c1n(-c2ccccc2)cnn1CN1CCOCC1.S=c1oc(-c2ccccc2)nn1CN1CCOCC1.S=c1ocnn1CN1CCOCC1. The summed E-state index contributed by atoms with van der Waals surface area (Å²) < 4.78 is 34.2. The zero-order chi connectivity index (χ0) is 35.3. The molecule has 3 aromatic heterocycles. The largest absolute Gasteiger partial charge is 0.417 e. The first-order valence-electron chi connectivity index (χ1n) is 16.8. The molecule has 0 atom stereocenters. The van der Waals surface area contributed by atoms with E-state index >= 15 is 0 Å². The van der Waals surface area contributed by atoms with E-state index in [0.29, 0.717) is 28.9 Å². The first-order valence-corrected chi connectivity index (χ1v) is 18.0. The summed E-state index contributed by atoms with van der Waals surface area (Å²) in [4.78, 5) is 7.59. The molecule has 0 unspecified atom stereocenters. The van der Waals surface area contributed by atoms with Gasteiger partial charge in [-0.05, 0) is 60.9 Å². The number of rotatable bonds is 8. The highest BCUT2D eigenvalue weighted by Crippen LogP contribution is 2.17. The second-order valence-corrected chi connectivity index (χ2v) is 12.8. The van der Waals surface area contributed by atoms with Crippen LogP contribution in [0, 0.1) is 14.4 Å². The summed E-state index contributed by atoms with van der Waals surface area (Å²) in [6.07, 6.45) is 3.14. The quantitative estimate of drug-likeness (QED) is 0.209. The van der Waals surface area contributed by atoms with Crippen LogP contribution in [0.3, 0.4) is 0 Å². The van der Waals surface area contributed by atoms with Crippen molar-refractivity contribution >= 4 is 36.7 Å². The number of hydrogen-bond donors (Lipinski definition) is 0. The smallest absolute Gasteiger partial charge is 0.288 e. The second-order valence-electron chi connectivity index (χ2n) is 11.8. The Labute approximate surface area is 311 Å². The highest BCUT2D eigenvalue weighted by Gasteiger charge is 2.15. The maximum atomic E-state index is 5.55. The van der Waals surface area contributed by atoms with E-state index in [1.54, 1.807) is 15.7 Å². The van der Waals surface area contributed by atoms with Crippen LogP contribution < -0.4 is 0 Å². The third-order valence-corrected chi connectivity index (χ3v) is 9.27. The standard InChI is InChI=1S/C13H16N4OS.C13H15N3O2S.C7H11N3O2S/c19-13-16(12-4-2-1-3-5-12)10-14-17(13)11-15-6-8-18-9-7-15;19-13-16(10-15-6-8-17-9-7-15)14-12(18-13)11-4-2-1-3-5-11;13-7-10(8-5-12-7)6-9-1-3-11-4-2-9/h1-5,10H,6-9,11H2;1-5H,6-10H2;5H,1-4,6H2. The Morgan fingerprint density at radius 1 is 0.569 bits per heavy atom. The number of nitrogens with zero attached hydrogens (tertiary/aromatic N) is 10. The maximum Gasteiger partial charge on any atom is 0.288 e. The number of para-hydroxylation sites is 1. The lowest BCUT2D eigenvalue weighted by molar-refractivity contribution is 0.0206. The number of morpholine rings is 3. The van der Waals surface area contributed by atoms with Gasteiger partial charge in [-0.1, -0.05) is 36.4 Å². The van der Waals surface area contributed by atoms with Gasteiger partial charge in [-0.15, -0.1) is 10.2 Å².